The summed E-state index contributed by atoms with van der Waals surface area (Å²) in [4.78, 5) is 0.114. The fourth-order valence-corrected chi connectivity index (χ4v) is 2.64. The molecule has 2 rings (SSSR count). The largest absolute Gasteiger partial charge is 0.207 e. The van der Waals surface area contributed by atoms with E-state index in [1.54, 1.807) is 0 Å². The second-order valence-electron chi connectivity index (χ2n) is 4.27. The van der Waals surface area contributed by atoms with E-state index >= 15 is 0 Å². The van der Waals surface area contributed by atoms with E-state index in [-0.39, 0.29) is 10.6 Å². The van der Waals surface area contributed by atoms with E-state index in [0.717, 1.165) is 5.56 Å². The molecule has 0 saturated carbocycles. The Labute approximate surface area is 110 Å². The van der Waals surface area contributed by atoms with E-state index in [9.17, 15) is 4.39 Å². The highest BCUT2D eigenvalue weighted by molar-refractivity contribution is 9.09. The minimum absolute atomic E-state index is 0.114. The molecule has 17 heavy (non-hydrogen) atoms. The predicted octanol–water partition coefficient (Wildman–Crippen LogP) is 4.93. The van der Waals surface area contributed by atoms with Gasteiger partial charge in [0, 0.05) is 0 Å². The average Bonchev–Trinajstić information content (AvgIpc) is 2.32. The first kappa shape index (κ1) is 12.3. The van der Waals surface area contributed by atoms with Crippen LogP contribution in [0.1, 0.15) is 27.1 Å². The number of alkyl halides is 1. The molecule has 2 heteroatoms. The van der Waals surface area contributed by atoms with Crippen LogP contribution in [-0.4, -0.2) is 0 Å². The molecular formula is C15H14BrF. The summed E-state index contributed by atoms with van der Waals surface area (Å²) in [6, 6.07) is 13.0. The SMILES string of the molecule is Cc1ccc(C)c(C(Br)c2ccc(F)cc2)c1. The second-order valence-corrected chi connectivity index (χ2v) is 5.19. The molecule has 0 aliphatic heterocycles. The van der Waals surface area contributed by atoms with Gasteiger partial charge in [0.1, 0.15) is 5.82 Å². The van der Waals surface area contributed by atoms with Gasteiger partial charge in [0.25, 0.3) is 0 Å². The van der Waals surface area contributed by atoms with Gasteiger partial charge in [-0.25, -0.2) is 4.39 Å². The number of hydrogen-bond acceptors (Lipinski definition) is 0. The summed E-state index contributed by atoms with van der Waals surface area (Å²) >= 11 is 3.68. The Morgan fingerprint density at radius 3 is 2.29 bits per heavy atom. The number of benzene rings is 2. The van der Waals surface area contributed by atoms with Crippen molar-refractivity contribution in [2.24, 2.45) is 0 Å². The van der Waals surface area contributed by atoms with E-state index in [2.05, 4.69) is 48.0 Å². The van der Waals surface area contributed by atoms with Crippen LogP contribution in [-0.2, 0) is 0 Å². The highest BCUT2D eigenvalue weighted by atomic mass is 79.9. The van der Waals surface area contributed by atoms with Gasteiger partial charge in [-0.05, 0) is 42.7 Å². The van der Waals surface area contributed by atoms with Crippen molar-refractivity contribution in [3.63, 3.8) is 0 Å². The van der Waals surface area contributed by atoms with Gasteiger partial charge in [-0.1, -0.05) is 51.8 Å². The summed E-state index contributed by atoms with van der Waals surface area (Å²) in [6.07, 6.45) is 0. The quantitative estimate of drug-likeness (QED) is 0.689. The van der Waals surface area contributed by atoms with Crippen LogP contribution in [0.4, 0.5) is 4.39 Å². The third kappa shape index (κ3) is 2.75. The highest BCUT2D eigenvalue weighted by Gasteiger charge is 2.12. The van der Waals surface area contributed by atoms with Crippen molar-refractivity contribution in [2.75, 3.05) is 0 Å². The molecule has 0 bridgehead atoms. The molecule has 0 aromatic heterocycles. The predicted molar refractivity (Wildman–Crippen MR) is 73.1 cm³/mol. The Bertz CT molecular complexity index is 517. The Kier molecular flexibility index (Phi) is 3.63. The molecule has 0 aliphatic rings. The van der Waals surface area contributed by atoms with Gasteiger partial charge >= 0.3 is 0 Å². The summed E-state index contributed by atoms with van der Waals surface area (Å²) in [5.41, 5.74) is 4.77. The molecule has 0 fully saturated rings. The molecule has 2 aromatic carbocycles. The van der Waals surface area contributed by atoms with Gasteiger partial charge in [-0.2, -0.15) is 0 Å². The molecule has 2 aromatic rings. The van der Waals surface area contributed by atoms with E-state index in [0.29, 0.717) is 0 Å². The molecule has 88 valence electrons. The Balaban J connectivity index is 2.39. The summed E-state index contributed by atoms with van der Waals surface area (Å²) < 4.78 is 12.9. The van der Waals surface area contributed by atoms with E-state index in [4.69, 9.17) is 0 Å². The number of aryl methyl sites for hydroxylation is 2. The molecule has 0 nitrogen and oxygen atoms in total. The minimum Gasteiger partial charge on any atom is -0.207 e. The van der Waals surface area contributed by atoms with Crippen LogP contribution in [0.15, 0.2) is 42.5 Å². The van der Waals surface area contributed by atoms with E-state index in [1.807, 2.05) is 12.1 Å². The normalized spacial score (nSPS) is 12.5. The summed E-state index contributed by atoms with van der Waals surface area (Å²) in [6.45, 7) is 4.17. The zero-order chi connectivity index (χ0) is 12.4. The maximum atomic E-state index is 12.9. The molecule has 1 unspecified atom stereocenters. The lowest BCUT2D eigenvalue weighted by molar-refractivity contribution is 0.627. The molecular weight excluding hydrogens is 279 g/mol. The van der Waals surface area contributed by atoms with Crippen molar-refractivity contribution in [3.05, 3.63) is 70.5 Å². The van der Waals surface area contributed by atoms with Crippen LogP contribution in [0.25, 0.3) is 0 Å². The summed E-state index contributed by atoms with van der Waals surface area (Å²) in [5.74, 6) is -0.200. The van der Waals surface area contributed by atoms with Gasteiger partial charge in [0.15, 0.2) is 0 Å². The summed E-state index contributed by atoms with van der Waals surface area (Å²) in [5, 5.41) is 0. The third-order valence-corrected chi connectivity index (χ3v) is 3.89. The van der Waals surface area contributed by atoms with E-state index in [1.165, 1.54) is 28.8 Å². The fourth-order valence-electron chi connectivity index (χ4n) is 1.84. The van der Waals surface area contributed by atoms with Gasteiger partial charge in [0.2, 0.25) is 0 Å². The van der Waals surface area contributed by atoms with Crippen molar-refractivity contribution >= 4 is 15.9 Å². The molecule has 0 N–H and O–H groups in total. The van der Waals surface area contributed by atoms with Gasteiger partial charge in [-0.3, -0.25) is 0 Å². The number of halogens is 2. The number of hydrogen-bond donors (Lipinski definition) is 0. The lowest BCUT2D eigenvalue weighted by atomic mass is 9.98. The van der Waals surface area contributed by atoms with Crippen molar-refractivity contribution in [1.82, 2.24) is 0 Å². The van der Waals surface area contributed by atoms with Gasteiger partial charge < -0.3 is 0 Å². The van der Waals surface area contributed by atoms with Crippen LogP contribution >= 0.6 is 15.9 Å². The fraction of sp³-hybridized carbons (Fsp3) is 0.200. The standard InChI is InChI=1S/C15H14BrF/c1-10-3-4-11(2)14(9-10)15(16)12-5-7-13(17)8-6-12/h3-9,15H,1-2H3. The first-order valence-electron chi connectivity index (χ1n) is 5.54. The summed E-state index contributed by atoms with van der Waals surface area (Å²) in [7, 11) is 0. The van der Waals surface area contributed by atoms with Crippen molar-refractivity contribution < 1.29 is 4.39 Å². The van der Waals surface area contributed by atoms with Crippen molar-refractivity contribution in [1.29, 1.82) is 0 Å². The monoisotopic (exact) mass is 292 g/mol. The first-order chi connectivity index (χ1) is 8.08. The molecule has 1 atom stereocenters. The first-order valence-corrected chi connectivity index (χ1v) is 6.46. The van der Waals surface area contributed by atoms with Crippen LogP contribution in [0, 0.1) is 19.7 Å². The molecule has 0 spiro atoms. The molecule has 0 saturated heterocycles. The molecule has 0 aliphatic carbocycles. The third-order valence-electron chi connectivity index (χ3n) is 2.87. The second kappa shape index (κ2) is 5.01. The Hall–Kier alpha value is -1.15. The topological polar surface area (TPSA) is 0 Å². The lowest BCUT2D eigenvalue weighted by Gasteiger charge is -2.14. The number of rotatable bonds is 2. The van der Waals surface area contributed by atoms with Crippen LogP contribution < -0.4 is 0 Å². The van der Waals surface area contributed by atoms with Crippen LogP contribution in [0.5, 0.6) is 0 Å². The molecule has 0 amide bonds. The zero-order valence-electron chi connectivity index (χ0n) is 9.87. The van der Waals surface area contributed by atoms with Crippen LogP contribution in [0.2, 0.25) is 0 Å². The minimum atomic E-state index is -0.200. The molecule has 0 radical (unpaired) electrons. The highest BCUT2D eigenvalue weighted by Crippen LogP contribution is 2.33. The average molecular weight is 293 g/mol. The maximum absolute atomic E-state index is 12.9. The maximum Gasteiger partial charge on any atom is 0.123 e. The van der Waals surface area contributed by atoms with Crippen molar-refractivity contribution in [3.8, 4) is 0 Å². The smallest absolute Gasteiger partial charge is 0.123 e. The molecule has 0 heterocycles. The van der Waals surface area contributed by atoms with Gasteiger partial charge in [-0.15, -0.1) is 0 Å². The van der Waals surface area contributed by atoms with E-state index < -0.39 is 0 Å². The van der Waals surface area contributed by atoms with Crippen LogP contribution in [0.3, 0.4) is 0 Å². The Morgan fingerprint density at radius 2 is 1.65 bits per heavy atom. The zero-order valence-corrected chi connectivity index (χ0v) is 11.5. The lowest BCUT2D eigenvalue weighted by Crippen LogP contribution is -1.96. The van der Waals surface area contributed by atoms with Crippen molar-refractivity contribution in [2.45, 2.75) is 18.7 Å². The van der Waals surface area contributed by atoms with Gasteiger partial charge in [0.05, 0.1) is 4.83 Å². The Morgan fingerprint density at radius 1 is 1.00 bits per heavy atom.